The monoisotopic (exact) mass is 975 g/mol. The standard InChI is InChI=1S/C33H52N7O19P3S/c1-33(2,28(46)31(47)36-14-13-22(41)35-15-16-63-24(44)12-10-8-6-4-3-5-7-9-11-23(42)43)18-56-62(53,54)59-61(51,52)55-17-21-27(58-60(48,49)50)26(45)32(57-21)40-20-39-25-29(34)37-19-38-30(25)40/h6-9,19-21,26-28,32,45-46H,3-5,10-18H2,1-2H3,(H,35,41)(H,36,47)(H,42,43)(H,51,52)(H,53,54)(H2,34,37,38)(H2,48,49,50)/b8-6+,9-7+. The minimum Gasteiger partial charge on any atom is -0.481 e. The highest BCUT2D eigenvalue weighted by atomic mass is 32.2. The molecule has 63 heavy (non-hydrogen) atoms. The molecule has 0 saturated carbocycles. The van der Waals surface area contributed by atoms with E-state index in [1.165, 1.54) is 13.8 Å². The first kappa shape index (κ1) is 53.8. The maximum atomic E-state index is 12.7. The number of nitrogen functional groups attached to an aromatic ring is 1. The number of phosphoric acid groups is 3. The van der Waals surface area contributed by atoms with Crippen LogP contribution in [0.25, 0.3) is 11.2 Å². The van der Waals surface area contributed by atoms with Crippen LogP contribution in [0.4, 0.5) is 5.82 Å². The van der Waals surface area contributed by atoms with Crippen LogP contribution in [0.2, 0.25) is 0 Å². The lowest BCUT2D eigenvalue weighted by Gasteiger charge is -2.30. The molecule has 1 fully saturated rings. The number of hydrogen-bond acceptors (Lipinski definition) is 19. The van der Waals surface area contributed by atoms with E-state index in [-0.39, 0.29) is 48.0 Å². The van der Waals surface area contributed by atoms with Crippen molar-refractivity contribution in [2.24, 2.45) is 5.41 Å². The van der Waals surface area contributed by atoms with Gasteiger partial charge in [0.25, 0.3) is 0 Å². The number of amides is 2. The van der Waals surface area contributed by atoms with E-state index in [9.17, 15) is 62.7 Å². The summed E-state index contributed by atoms with van der Waals surface area (Å²) in [5, 5.41) is 35.0. The second-order valence-corrected chi connectivity index (χ2v) is 19.7. The largest absolute Gasteiger partial charge is 0.481 e. The summed E-state index contributed by atoms with van der Waals surface area (Å²) in [4.78, 5) is 98.4. The maximum Gasteiger partial charge on any atom is 0.481 e. The van der Waals surface area contributed by atoms with E-state index in [2.05, 4.69) is 34.4 Å². The number of nitrogens with zero attached hydrogens (tertiary/aromatic N) is 4. The topological polar surface area (TPSA) is 401 Å². The molecule has 0 spiro atoms. The first-order valence-electron chi connectivity index (χ1n) is 19.0. The van der Waals surface area contributed by atoms with Crippen molar-refractivity contribution < 1.29 is 90.4 Å². The molecule has 2 amide bonds. The number of thioether (sulfide) groups is 1. The van der Waals surface area contributed by atoms with Gasteiger partial charge in [0.15, 0.2) is 22.8 Å². The van der Waals surface area contributed by atoms with Crippen LogP contribution in [-0.2, 0) is 55.5 Å². The van der Waals surface area contributed by atoms with Gasteiger partial charge in [0, 0.05) is 37.1 Å². The Morgan fingerprint density at radius 3 is 2.32 bits per heavy atom. The SMILES string of the molecule is CC(C)(COP(=O)(O)OP(=O)(O)OCC1OC(n2cnc3c(N)ncnc32)C(O)C1OP(=O)(O)O)C(O)C(=O)NCCC(=O)NCCSC(=O)CC/C=C/CCC/C=C/CC(=O)O. The molecule has 2 aromatic rings. The first-order chi connectivity index (χ1) is 29.4. The third-order valence-electron chi connectivity index (χ3n) is 8.65. The molecule has 26 nitrogen and oxygen atoms in total. The van der Waals surface area contributed by atoms with E-state index in [4.69, 9.17) is 24.6 Å². The number of aliphatic hydroxyl groups is 2. The quantitative estimate of drug-likeness (QED) is 0.0325. The highest BCUT2D eigenvalue weighted by Crippen LogP contribution is 2.61. The molecule has 354 valence electrons. The zero-order chi connectivity index (χ0) is 47.0. The van der Waals surface area contributed by atoms with Crippen LogP contribution >= 0.6 is 35.2 Å². The summed E-state index contributed by atoms with van der Waals surface area (Å²) in [5.41, 5.74) is 4.23. The number of imidazole rings is 1. The van der Waals surface area contributed by atoms with Gasteiger partial charge in [-0.3, -0.25) is 37.3 Å². The number of ether oxygens (including phenoxy) is 1. The first-order valence-corrected chi connectivity index (χ1v) is 24.5. The van der Waals surface area contributed by atoms with Gasteiger partial charge in [0.2, 0.25) is 11.8 Å². The maximum absolute atomic E-state index is 12.7. The molecular formula is C33H52N7O19P3S. The number of carboxylic acids is 1. The highest BCUT2D eigenvalue weighted by molar-refractivity contribution is 8.13. The zero-order valence-electron chi connectivity index (χ0n) is 34.0. The summed E-state index contributed by atoms with van der Waals surface area (Å²) < 4.78 is 62.2. The number of fused-ring (bicyclic) bond motifs is 1. The number of phosphoric ester groups is 3. The number of hydrogen-bond donors (Lipinski definition) is 10. The van der Waals surface area contributed by atoms with Crippen LogP contribution in [-0.4, -0.2) is 134 Å². The molecule has 1 aliphatic heterocycles. The minimum atomic E-state index is -5.59. The number of aliphatic carboxylic acids is 1. The Labute approximate surface area is 364 Å². The molecule has 1 aliphatic rings. The normalized spacial score (nSPS) is 20.8. The summed E-state index contributed by atoms with van der Waals surface area (Å²) in [5.74, 6) is -2.06. The van der Waals surface area contributed by atoms with Crippen molar-refractivity contribution in [1.29, 1.82) is 0 Å². The molecule has 3 rings (SSSR count). The van der Waals surface area contributed by atoms with E-state index in [1.807, 2.05) is 18.2 Å². The van der Waals surface area contributed by atoms with Crippen LogP contribution in [0.5, 0.6) is 0 Å². The number of anilines is 1. The van der Waals surface area contributed by atoms with Crippen LogP contribution in [0.3, 0.4) is 0 Å². The molecule has 0 aromatic carbocycles. The van der Waals surface area contributed by atoms with E-state index < -0.39 is 90.5 Å². The summed E-state index contributed by atoms with van der Waals surface area (Å²) >= 11 is 1.06. The number of nitrogens with one attached hydrogen (secondary N) is 2. The molecule has 0 aliphatic carbocycles. The number of rotatable bonds is 28. The average molecular weight is 976 g/mol. The van der Waals surface area contributed by atoms with Gasteiger partial charge in [0.1, 0.15) is 36.3 Å². The molecule has 3 heterocycles. The van der Waals surface area contributed by atoms with E-state index in [1.54, 1.807) is 6.08 Å². The van der Waals surface area contributed by atoms with Crippen LogP contribution in [0, 0.1) is 5.41 Å². The Kier molecular flexibility index (Phi) is 21.1. The third-order valence-corrected chi connectivity index (χ3v) is 12.7. The number of aromatic nitrogens is 4. The van der Waals surface area contributed by atoms with Gasteiger partial charge in [-0.1, -0.05) is 49.9 Å². The number of unbranched alkanes of at least 4 members (excludes halogenated alkanes) is 2. The predicted octanol–water partition coefficient (Wildman–Crippen LogP) is 1.20. The van der Waals surface area contributed by atoms with Gasteiger partial charge in [-0.15, -0.1) is 0 Å². The number of carboxylic acid groups (broad SMARTS) is 1. The van der Waals surface area contributed by atoms with Gasteiger partial charge in [-0.05, 0) is 25.7 Å². The lowest BCUT2D eigenvalue weighted by molar-refractivity contribution is -0.137. The van der Waals surface area contributed by atoms with Crippen LogP contribution in [0.1, 0.15) is 65.0 Å². The predicted molar refractivity (Wildman–Crippen MR) is 221 cm³/mol. The van der Waals surface area contributed by atoms with Crippen molar-refractivity contribution in [3.63, 3.8) is 0 Å². The molecule has 0 bridgehead atoms. The molecule has 2 aromatic heterocycles. The molecular weight excluding hydrogens is 923 g/mol. The Bertz CT molecular complexity index is 2090. The fourth-order valence-corrected chi connectivity index (χ4v) is 8.98. The van der Waals surface area contributed by atoms with Gasteiger partial charge >= 0.3 is 29.4 Å². The van der Waals surface area contributed by atoms with Gasteiger partial charge in [-0.25, -0.2) is 28.6 Å². The van der Waals surface area contributed by atoms with Gasteiger partial charge in [-0.2, -0.15) is 4.31 Å². The Hall–Kier alpha value is -3.49. The van der Waals surface area contributed by atoms with Crippen molar-refractivity contribution in [1.82, 2.24) is 30.2 Å². The lowest BCUT2D eigenvalue weighted by Crippen LogP contribution is -2.46. The molecule has 7 unspecified atom stereocenters. The van der Waals surface area contributed by atoms with E-state index in [0.29, 0.717) is 18.6 Å². The number of carbonyl (C=O) groups excluding carboxylic acids is 3. The van der Waals surface area contributed by atoms with E-state index in [0.717, 1.165) is 48.2 Å². The summed E-state index contributed by atoms with van der Waals surface area (Å²) in [6.45, 7) is 0.403. The van der Waals surface area contributed by atoms with E-state index >= 15 is 0 Å². The molecule has 11 N–H and O–H groups in total. The molecule has 30 heteroatoms. The average Bonchev–Trinajstić information content (AvgIpc) is 3.75. The fraction of sp³-hybridized carbons (Fsp3) is 0.606. The number of carbonyl (C=O) groups is 4. The highest BCUT2D eigenvalue weighted by Gasteiger charge is 2.50. The summed E-state index contributed by atoms with van der Waals surface area (Å²) in [7, 11) is -16.4. The van der Waals surface area contributed by atoms with Crippen molar-refractivity contribution in [3.8, 4) is 0 Å². The third kappa shape index (κ3) is 18.9. The Morgan fingerprint density at radius 1 is 0.968 bits per heavy atom. The minimum absolute atomic E-state index is 0.00423. The van der Waals surface area contributed by atoms with Crippen LogP contribution in [0.15, 0.2) is 37.0 Å². The number of nitrogens with two attached hydrogens (primary N) is 1. The lowest BCUT2D eigenvalue weighted by atomic mass is 9.87. The molecule has 1 saturated heterocycles. The second kappa shape index (κ2) is 24.7. The zero-order valence-corrected chi connectivity index (χ0v) is 37.5. The number of aliphatic hydroxyl groups excluding tert-OH is 2. The van der Waals surface area contributed by atoms with Gasteiger partial charge in [0.05, 0.1) is 26.0 Å². The van der Waals surface area contributed by atoms with Crippen molar-refractivity contribution in [2.75, 3.05) is 37.8 Å². The molecule has 7 atom stereocenters. The van der Waals surface area contributed by atoms with Crippen molar-refractivity contribution >= 4 is 75.1 Å². The Morgan fingerprint density at radius 2 is 1.63 bits per heavy atom. The number of allylic oxidation sites excluding steroid dienone is 3. The van der Waals surface area contributed by atoms with Crippen molar-refractivity contribution in [2.45, 2.75) is 89.4 Å². The summed E-state index contributed by atoms with van der Waals surface area (Å²) in [6, 6.07) is 0. The second-order valence-electron chi connectivity index (χ2n) is 14.3. The Balaban J connectivity index is 1.37. The molecule has 0 radical (unpaired) electrons. The van der Waals surface area contributed by atoms with Crippen molar-refractivity contribution in [3.05, 3.63) is 37.0 Å². The smallest absolute Gasteiger partial charge is 0.481 e. The fourth-order valence-electron chi connectivity index (χ4n) is 5.46. The summed E-state index contributed by atoms with van der Waals surface area (Å²) in [6.07, 6.45) is 3.58. The van der Waals surface area contributed by atoms with Gasteiger partial charge < -0.3 is 56.0 Å². The van der Waals surface area contributed by atoms with Crippen LogP contribution < -0.4 is 16.4 Å².